The Morgan fingerprint density at radius 3 is 2.51 bits per heavy atom. The van der Waals surface area contributed by atoms with Gasteiger partial charge in [0, 0.05) is 29.2 Å². The van der Waals surface area contributed by atoms with Gasteiger partial charge in [-0.2, -0.15) is 0 Å². The molecule has 1 atom stereocenters. The maximum atomic E-state index is 10.2. The zero-order valence-electron chi connectivity index (χ0n) is 22.7. The van der Waals surface area contributed by atoms with E-state index < -0.39 is 0 Å². The van der Waals surface area contributed by atoms with Crippen molar-refractivity contribution in [2.24, 2.45) is 0 Å². The largest absolute Gasteiger partial charge is 0.508 e. The van der Waals surface area contributed by atoms with Gasteiger partial charge in [-0.25, -0.2) is 0 Å². The van der Waals surface area contributed by atoms with Gasteiger partial charge in [0.1, 0.15) is 24.3 Å². The lowest BCUT2D eigenvalue weighted by Gasteiger charge is -2.21. The van der Waals surface area contributed by atoms with E-state index >= 15 is 0 Å². The molecule has 3 aromatic carbocycles. The van der Waals surface area contributed by atoms with Crippen molar-refractivity contribution in [1.82, 2.24) is 9.80 Å². The van der Waals surface area contributed by atoms with Crippen LogP contribution in [0.5, 0.6) is 11.5 Å². The SMILES string of the molecule is Cc1cc(Cc2c(-c3ccc(OCCN4CCCC4)cc3)sc3cc(O)ccc23)ccc1CN1CCCC1O. The number of fused-ring (bicyclic) bond motifs is 1. The first-order valence-electron chi connectivity index (χ1n) is 14.2. The number of aliphatic hydroxyl groups is 1. The Morgan fingerprint density at radius 2 is 1.77 bits per heavy atom. The first-order chi connectivity index (χ1) is 19.0. The van der Waals surface area contributed by atoms with Gasteiger partial charge >= 0.3 is 0 Å². The van der Waals surface area contributed by atoms with Crippen LogP contribution < -0.4 is 4.74 Å². The van der Waals surface area contributed by atoms with Crippen LogP contribution in [0.4, 0.5) is 0 Å². The van der Waals surface area contributed by atoms with Crippen LogP contribution in [0.2, 0.25) is 0 Å². The molecular formula is C33H38N2O3S. The molecule has 6 rings (SSSR count). The molecule has 4 aromatic rings. The number of likely N-dealkylation sites (tertiary alicyclic amines) is 2. The van der Waals surface area contributed by atoms with Gasteiger partial charge in [0.2, 0.25) is 0 Å². The molecule has 2 N–H and O–H groups in total. The Labute approximate surface area is 235 Å². The summed E-state index contributed by atoms with van der Waals surface area (Å²) in [5, 5.41) is 21.6. The van der Waals surface area contributed by atoms with Gasteiger partial charge in [0.25, 0.3) is 0 Å². The number of aliphatic hydroxyl groups excluding tert-OH is 1. The van der Waals surface area contributed by atoms with E-state index in [9.17, 15) is 10.2 Å². The Morgan fingerprint density at radius 1 is 0.949 bits per heavy atom. The van der Waals surface area contributed by atoms with Crippen LogP contribution in [0.1, 0.15) is 47.9 Å². The van der Waals surface area contributed by atoms with Gasteiger partial charge in [-0.15, -0.1) is 11.3 Å². The Hall–Kier alpha value is -2.90. The number of hydrogen-bond donors (Lipinski definition) is 2. The number of phenolic OH excluding ortho intramolecular Hbond substituents is 1. The van der Waals surface area contributed by atoms with Crippen LogP contribution in [-0.2, 0) is 13.0 Å². The molecule has 1 unspecified atom stereocenters. The highest BCUT2D eigenvalue weighted by atomic mass is 32.1. The fraction of sp³-hybridized carbons (Fsp3) is 0.394. The summed E-state index contributed by atoms with van der Waals surface area (Å²) in [6.07, 6.45) is 5.04. The van der Waals surface area contributed by atoms with E-state index in [-0.39, 0.29) is 6.23 Å². The van der Waals surface area contributed by atoms with E-state index in [1.165, 1.54) is 64.0 Å². The van der Waals surface area contributed by atoms with Crippen LogP contribution in [0.25, 0.3) is 20.5 Å². The highest BCUT2D eigenvalue weighted by Gasteiger charge is 2.22. The van der Waals surface area contributed by atoms with E-state index in [0.29, 0.717) is 5.75 Å². The van der Waals surface area contributed by atoms with Gasteiger partial charge in [0.15, 0.2) is 0 Å². The smallest absolute Gasteiger partial charge is 0.119 e. The average Bonchev–Trinajstić information content (AvgIpc) is 3.67. The first kappa shape index (κ1) is 26.3. The monoisotopic (exact) mass is 542 g/mol. The van der Waals surface area contributed by atoms with Crippen LogP contribution in [0.15, 0.2) is 60.7 Å². The molecular weight excluding hydrogens is 504 g/mol. The normalized spacial score (nSPS) is 18.4. The molecule has 0 amide bonds. The van der Waals surface area contributed by atoms with Gasteiger partial charge in [-0.1, -0.05) is 18.2 Å². The molecule has 2 fully saturated rings. The van der Waals surface area contributed by atoms with Gasteiger partial charge < -0.3 is 14.9 Å². The van der Waals surface area contributed by atoms with Crippen molar-refractivity contribution < 1.29 is 14.9 Å². The number of ether oxygens (including phenoxy) is 1. The second-order valence-electron chi connectivity index (χ2n) is 11.0. The summed E-state index contributed by atoms with van der Waals surface area (Å²) in [6.45, 7) is 8.02. The second-order valence-corrected chi connectivity index (χ2v) is 12.1. The molecule has 2 saturated heterocycles. The fourth-order valence-electron chi connectivity index (χ4n) is 6.01. The summed E-state index contributed by atoms with van der Waals surface area (Å²) >= 11 is 1.74. The standard InChI is InChI=1S/C33H38N2O3S/c1-23-19-24(6-7-26(23)22-35-16-4-5-32(35)37)20-30-29-13-10-27(36)21-31(29)39-33(30)25-8-11-28(12-9-25)38-18-17-34-14-2-3-15-34/h6-13,19,21,32,36-37H,2-5,14-18,20,22H2,1H3. The molecule has 5 nitrogen and oxygen atoms in total. The third kappa shape index (κ3) is 5.99. The molecule has 2 aliphatic heterocycles. The lowest BCUT2D eigenvalue weighted by atomic mass is 9.96. The Kier molecular flexibility index (Phi) is 7.89. The van der Waals surface area contributed by atoms with E-state index in [1.54, 1.807) is 17.4 Å². The number of nitrogens with zero attached hydrogens (tertiary/aromatic N) is 2. The molecule has 204 valence electrons. The Balaban J connectivity index is 1.23. The lowest BCUT2D eigenvalue weighted by Crippen LogP contribution is -2.28. The third-order valence-electron chi connectivity index (χ3n) is 8.26. The molecule has 1 aromatic heterocycles. The summed E-state index contributed by atoms with van der Waals surface area (Å²) in [5.74, 6) is 1.21. The van der Waals surface area contributed by atoms with E-state index in [4.69, 9.17) is 4.74 Å². The number of rotatable bonds is 9. The number of phenols is 1. The third-order valence-corrected chi connectivity index (χ3v) is 9.50. The van der Waals surface area contributed by atoms with Gasteiger partial charge in [-0.05, 0) is 128 Å². The fourth-order valence-corrected chi connectivity index (χ4v) is 7.27. The molecule has 2 aliphatic rings. The highest BCUT2D eigenvalue weighted by Crippen LogP contribution is 2.41. The van der Waals surface area contributed by atoms with Crippen molar-refractivity contribution in [3.05, 3.63) is 82.9 Å². The maximum Gasteiger partial charge on any atom is 0.119 e. The number of hydrogen-bond acceptors (Lipinski definition) is 6. The molecule has 3 heterocycles. The summed E-state index contributed by atoms with van der Waals surface area (Å²) in [6, 6.07) is 20.9. The summed E-state index contributed by atoms with van der Waals surface area (Å²) < 4.78 is 7.15. The van der Waals surface area contributed by atoms with E-state index in [0.717, 1.165) is 56.0 Å². The van der Waals surface area contributed by atoms with Crippen molar-refractivity contribution in [1.29, 1.82) is 0 Å². The van der Waals surface area contributed by atoms with E-state index in [1.807, 2.05) is 12.1 Å². The first-order valence-corrected chi connectivity index (χ1v) is 15.1. The van der Waals surface area contributed by atoms with Crippen molar-refractivity contribution in [2.75, 3.05) is 32.8 Å². The lowest BCUT2D eigenvalue weighted by molar-refractivity contribution is 0.0327. The molecule has 6 heteroatoms. The van der Waals surface area contributed by atoms with Crippen molar-refractivity contribution in [2.45, 2.75) is 51.8 Å². The van der Waals surface area contributed by atoms with Crippen molar-refractivity contribution in [3.8, 4) is 21.9 Å². The van der Waals surface area contributed by atoms with Crippen LogP contribution >= 0.6 is 11.3 Å². The number of benzene rings is 3. The average molecular weight is 543 g/mol. The van der Waals surface area contributed by atoms with Gasteiger partial charge in [-0.3, -0.25) is 9.80 Å². The van der Waals surface area contributed by atoms with Crippen LogP contribution in [-0.4, -0.2) is 59.0 Å². The minimum atomic E-state index is -0.318. The molecule has 0 spiro atoms. The summed E-state index contributed by atoms with van der Waals surface area (Å²) in [7, 11) is 0. The van der Waals surface area contributed by atoms with Gasteiger partial charge in [0.05, 0.1) is 0 Å². The second kappa shape index (κ2) is 11.7. The van der Waals surface area contributed by atoms with E-state index in [2.05, 4.69) is 59.2 Å². The molecule has 0 aliphatic carbocycles. The molecule has 0 saturated carbocycles. The van der Waals surface area contributed by atoms with Crippen molar-refractivity contribution >= 4 is 21.4 Å². The summed E-state index contributed by atoms with van der Waals surface area (Å²) in [5.41, 5.74) is 6.28. The maximum absolute atomic E-state index is 10.2. The predicted octanol–water partition coefficient (Wildman–Crippen LogP) is 6.56. The Bertz CT molecular complexity index is 1430. The topological polar surface area (TPSA) is 56.2 Å². The molecule has 39 heavy (non-hydrogen) atoms. The zero-order chi connectivity index (χ0) is 26.8. The number of thiophene rings is 1. The predicted molar refractivity (Wildman–Crippen MR) is 160 cm³/mol. The molecule has 0 bridgehead atoms. The van der Waals surface area contributed by atoms with Crippen LogP contribution in [0.3, 0.4) is 0 Å². The van der Waals surface area contributed by atoms with Crippen molar-refractivity contribution in [3.63, 3.8) is 0 Å². The number of aromatic hydroxyl groups is 1. The summed E-state index contributed by atoms with van der Waals surface area (Å²) in [4.78, 5) is 5.87. The minimum absolute atomic E-state index is 0.299. The highest BCUT2D eigenvalue weighted by molar-refractivity contribution is 7.22. The molecule has 0 radical (unpaired) electrons. The number of aryl methyl sites for hydroxylation is 1. The minimum Gasteiger partial charge on any atom is -0.508 e. The quantitative estimate of drug-likeness (QED) is 0.251. The zero-order valence-corrected chi connectivity index (χ0v) is 23.6. The van der Waals surface area contributed by atoms with Crippen LogP contribution in [0, 0.1) is 6.92 Å².